The minimum atomic E-state index is -0.440. The van der Waals surface area contributed by atoms with Gasteiger partial charge < -0.3 is 24.3 Å². The van der Waals surface area contributed by atoms with Gasteiger partial charge in [-0.2, -0.15) is 0 Å². The number of aryl methyl sites for hydroxylation is 1. The van der Waals surface area contributed by atoms with Crippen molar-refractivity contribution in [3.05, 3.63) is 76.7 Å². The number of rotatable bonds is 8. The van der Waals surface area contributed by atoms with Gasteiger partial charge in [-0.05, 0) is 61.0 Å². The van der Waals surface area contributed by atoms with Crippen LogP contribution in [0.1, 0.15) is 17.3 Å². The summed E-state index contributed by atoms with van der Waals surface area (Å²) >= 11 is 0. The predicted octanol–water partition coefficient (Wildman–Crippen LogP) is 3.96. The average molecular weight is 530 g/mol. The Morgan fingerprint density at radius 2 is 1.82 bits per heavy atom. The van der Waals surface area contributed by atoms with Crippen molar-refractivity contribution in [1.29, 1.82) is 0 Å². The van der Waals surface area contributed by atoms with E-state index in [9.17, 15) is 9.59 Å². The fraction of sp³-hybridized carbons (Fsp3) is 0.276. The predicted molar refractivity (Wildman–Crippen MR) is 151 cm³/mol. The average Bonchev–Trinajstić information content (AvgIpc) is 2.97. The number of carbonyl (C=O) groups excluding carboxylic acids is 1. The highest BCUT2D eigenvalue weighted by molar-refractivity contribution is 5.96. The van der Waals surface area contributed by atoms with Crippen LogP contribution in [0.25, 0.3) is 22.0 Å². The van der Waals surface area contributed by atoms with Gasteiger partial charge in [0.2, 0.25) is 0 Å². The van der Waals surface area contributed by atoms with E-state index in [0.717, 1.165) is 48.6 Å². The van der Waals surface area contributed by atoms with Crippen molar-refractivity contribution >= 4 is 34.0 Å². The molecule has 5 rings (SSSR count). The summed E-state index contributed by atoms with van der Waals surface area (Å²) in [5.41, 5.74) is 6.25. The van der Waals surface area contributed by atoms with Gasteiger partial charge in [-0.3, -0.25) is 14.4 Å². The van der Waals surface area contributed by atoms with Crippen molar-refractivity contribution in [2.45, 2.75) is 13.5 Å². The summed E-state index contributed by atoms with van der Waals surface area (Å²) in [7, 11) is 2.87. The van der Waals surface area contributed by atoms with E-state index in [1.807, 2.05) is 25.1 Å². The van der Waals surface area contributed by atoms with Crippen molar-refractivity contribution in [3.63, 3.8) is 0 Å². The van der Waals surface area contributed by atoms with Crippen LogP contribution in [0.3, 0.4) is 0 Å². The number of hydrogen-bond acceptors (Lipinski definition) is 8. The maximum absolute atomic E-state index is 13.6. The third kappa shape index (κ3) is 5.57. The number of hydroxylamine groups is 1. The molecule has 1 amide bonds. The molecule has 10 nitrogen and oxygen atoms in total. The summed E-state index contributed by atoms with van der Waals surface area (Å²) in [5.74, 6) is 0.647. The standard InChI is InChI=1S/C29H31N5O5/c1-4-34-26-17-27(31-22-5-7-23(8-6-22)33-9-11-39-12-10-33)30-18-21(26)16-25(29(34)36)19-13-20(28(35)32-38-3)15-24(14-19)37-2/h5-8,13-18H,4,9-12H2,1-3H3,(H,30,31)(H,32,35). The highest BCUT2D eigenvalue weighted by Gasteiger charge is 2.16. The number of benzene rings is 2. The number of hydrogen-bond donors (Lipinski definition) is 2. The maximum Gasteiger partial charge on any atom is 0.274 e. The van der Waals surface area contributed by atoms with E-state index >= 15 is 0 Å². The van der Waals surface area contributed by atoms with Crippen molar-refractivity contribution < 1.29 is 19.1 Å². The van der Waals surface area contributed by atoms with Gasteiger partial charge in [0, 0.05) is 59.8 Å². The van der Waals surface area contributed by atoms with E-state index in [-0.39, 0.29) is 5.56 Å². The molecule has 3 heterocycles. The number of anilines is 3. The van der Waals surface area contributed by atoms with E-state index in [2.05, 4.69) is 32.8 Å². The van der Waals surface area contributed by atoms with Gasteiger partial charge in [0.15, 0.2) is 0 Å². The van der Waals surface area contributed by atoms with E-state index < -0.39 is 5.91 Å². The van der Waals surface area contributed by atoms with Gasteiger partial charge >= 0.3 is 0 Å². The minimum Gasteiger partial charge on any atom is -0.497 e. The number of amides is 1. The fourth-order valence-electron chi connectivity index (χ4n) is 4.74. The number of aromatic nitrogens is 2. The highest BCUT2D eigenvalue weighted by atomic mass is 16.6. The summed E-state index contributed by atoms with van der Waals surface area (Å²) in [5, 5.41) is 4.14. The molecule has 39 heavy (non-hydrogen) atoms. The third-order valence-electron chi connectivity index (χ3n) is 6.72. The molecule has 10 heteroatoms. The molecule has 0 unspecified atom stereocenters. The van der Waals surface area contributed by atoms with Gasteiger partial charge in [0.25, 0.3) is 11.5 Å². The molecule has 1 saturated heterocycles. The molecule has 1 fully saturated rings. The first-order chi connectivity index (χ1) is 19.0. The molecule has 2 aromatic carbocycles. The first-order valence-electron chi connectivity index (χ1n) is 12.8. The Morgan fingerprint density at radius 1 is 1.05 bits per heavy atom. The van der Waals surface area contributed by atoms with Crippen LogP contribution in [0.2, 0.25) is 0 Å². The minimum absolute atomic E-state index is 0.177. The third-order valence-corrected chi connectivity index (χ3v) is 6.72. The van der Waals surface area contributed by atoms with Crippen molar-refractivity contribution in [3.8, 4) is 16.9 Å². The van der Waals surface area contributed by atoms with Crippen LogP contribution in [-0.4, -0.2) is 56.0 Å². The molecule has 0 radical (unpaired) electrons. The summed E-state index contributed by atoms with van der Waals surface area (Å²) in [6.45, 7) is 5.63. The second-order valence-electron chi connectivity index (χ2n) is 9.09. The molecule has 1 aliphatic heterocycles. The smallest absolute Gasteiger partial charge is 0.274 e. The quantitative estimate of drug-likeness (QED) is 0.331. The highest BCUT2D eigenvalue weighted by Crippen LogP contribution is 2.28. The normalized spacial score (nSPS) is 13.4. The SMILES string of the molecule is CCn1c(=O)c(-c2cc(OC)cc(C(=O)NOC)c2)cc2cnc(Nc3ccc(N4CCOCC4)cc3)cc21. The largest absolute Gasteiger partial charge is 0.497 e. The maximum atomic E-state index is 13.6. The summed E-state index contributed by atoms with van der Waals surface area (Å²) in [4.78, 5) is 37.7. The monoisotopic (exact) mass is 529 g/mol. The van der Waals surface area contributed by atoms with Crippen molar-refractivity contribution in [2.75, 3.05) is 50.7 Å². The summed E-state index contributed by atoms with van der Waals surface area (Å²) in [6.07, 6.45) is 1.74. The Hall–Kier alpha value is -4.41. The van der Waals surface area contributed by atoms with Crippen LogP contribution < -0.4 is 26.0 Å². The van der Waals surface area contributed by atoms with Crippen molar-refractivity contribution in [2.24, 2.45) is 0 Å². The number of fused-ring (bicyclic) bond motifs is 1. The first-order valence-corrected chi connectivity index (χ1v) is 12.8. The van der Waals surface area contributed by atoms with Crippen molar-refractivity contribution in [1.82, 2.24) is 15.0 Å². The zero-order valence-electron chi connectivity index (χ0n) is 22.2. The molecule has 0 atom stereocenters. The molecule has 0 spiro atoms. The summed E-state index contributed by atoms with van der Waals surface area (Å²) in [6, 6.07) is 16.8. The number of morpholine rings is 1. The zero-order chi connectivity index (χ0) is 27.4. The molecule has 0 aliphatic carbocycles. The molecule has 0 saturated carbocycles. The molecule has 2 N–H and O–H groups in total. The van der Waals surface area contributed by atoms with E-state index in [1.54, 1.807) is 35.0 Å². The van der Waals surface area contributed by atoms with Gasteiger partial charge in [-0.15, -0.1) is 0 Å². The molecule has 2 aromatic heterocycles. The zero-order valence-corrected chi connectivity index (χ0v) is 22.2. The van der Waals surface area contributed by atoms with Crippen LogP contribution >= 0.6 is 0 Å². The Labute approximate surface area is 226 Å². The molecular weight excluding hydrogens is 498 g/mol. The van der Waals surface area contributed by atoms with Crippen LogP contribution in [-0.2, 0) is 16.1 Å². The lowest BCUT2D eigenvalue weighted by molar-refractivity contribution is 0.0537. The summed E-state index contributed by atoms with van der Waals surface area (Å²) < 4.78 is 12.5. The number of ether oxygens (including phenoxy) is 2. The second-order valence-corrected chi connectivity index (χ2v) is 9.09. The van der Waals surface area contributed by atoms with Gasteiger partial charge in [-0.1, -0.05) is 0 Å². The van der Waals surface area contributed by atoms with Crippen LogP contribution in [0.5, 0.6) is 5.75 Å². The number of carbonyl (C=O) groups is 1. The fourth-order valence-corrected chi connectivity index (χ4v) is 4.74. The van der Waals surface area contributed by atoms with E-state index in [1.165, 1.54) is 14.2 Å². The number of nitrogens with one attached hydrogen (secondary N) is 2. The van der Waals surface area contributed by atoms with Crippen LogP contribution in [0.15, 0.2) is 65.6 Å². The second kappa shape index (κ2) is 11.5. The Morgan fingerprint density at radius 3 is 2.51 bits per heavy atom. The topological polar surface area (TPSA) is 107 Å². The first kappa shape index (κ1) is 26.2. The van der Waals surface area contributed by atoms with E-state index in [0.29, 0.717) is 34.8 Å². The van der Waals surface area contributed by atoms with Gasteiger partial charge in [0.1, 0.15) is 11.6 Å². The van der Waals surface area contributed by atoms with Crippen LogP contribution in [0.4, 0.5) is 17.2 Å². The molecule has 4 aromatic rings. The lowest BCUT2D eigenvalue weighted by atomic mass is 10.0. The number of pyridine rings is 2. The number of methoxy groups -OCH3 is 1. The molecule has 202 valence electrons. The number of nitrogens with zero attached hydrogens (tertiary/aromatic N) is 3. The lowest BCUT2D eigenvalue weighted by Gasteiger charge is -2.28. The van der Waals surface area contributed by atoms with Crippen LogP contribution in [0, 0.1) is 0 Å². The van der Waals surface area contributed by atoms with Gasteiger partial charge in [0.05, 0.1) is 33.0 Å². The Kier molecular flexibility index (Phi) is 7.76. The van der Waals surface area contributed by atoms with E-state index in [4.69, 9.17) is 14.3 Å². The Bertz CT molecular complexity index is 1540. The molecule has 1 aliphatic rings. The lowest BCUT2D eigenvalue weighted by Crippen LogP contribution is -2.36. The molecule has 0 bridgehead atoms. The van der Waals surface area contributed by atoms with Gasteiger partial charge in [-0.25, -0.2) is 10.5 Å². The molecular formula is C29H31N5O5. The Balaban J connectivity index is 1.47.